The van der Waals surface area contributed by atoms with E-state index >= 15 is 0 Å². The monoisotopic (exact) mass is 226 g/mol. The Morgan fingerprint density at radius 1 is 0.938 bits per heavy atom. The van der Waals surface area contributed by atoms with Crippen molar-refractivity contribution in [3.05, 3.63) is 11.1 Å². The summed E-state index contributed by atoms with van der Waals surface area (Å²) >= 11 is 0. The summed E-state index contributed by atoms with van der Waals surface area (Å²) in [5.41, 5.74) is 2.06. The van der Waals surface area contributed by atoms with E-state index in [1.807, 2.05) is 13.8 Å². The fraction of sp³-hybridized carbons (Fsp3) is 0.667. The van der Waals surface area contributed by atoms with Crippen LogP contribution in [0, 0.1) is 11.8 Å². The molecule has 0 aromatic heterocycles. The third-order valence-electron chi connectivity index (χ3n) is 3.17. The minimum Gasteiger partial charge on any atom is -0.469 e. The van der Waals surface area contributed by atoms with Gasteiger partial charge >= 0.3 is 11.9 Å². The lowest BCUT2D eigenvalue weighted by Crippen LogP contribution is -2.42. The summed E-state index contributed by atoms with van der Waals surface area (Å²) < 4.78 is 9.45. The van der Waals surface area contributed by atoms with Gasteiger partial charge in [0.25, 0.3) is 0 Å². The minimum atomic E-state index is -0.433. The maximum Gasteiger partial charge on any atom is 0.314 e. The summed E-state index contributed by atoms with van der Waals surface area (Å²) in [5.74, 6) is -1.55. The third kappa shape index (κ3) is 1.84. The van der Waals surface area contributed by atoms with Crippen molar-refractivity contribution in [1.82, 2.24) is 0 Å². The van der Waals surface area contributed by atoms with Crippen LogP contribution in [0.4, 0.5) is 0 Å². The van der Waals surface area contributed by atoms with E-state index in [9.17, 15) is 9.59 Å². The second-order valence-corrected chi connectivity index (χ2v) is 3.76. The first-order chi connectivity index (χ1) is 7.62. The average molecular weight is 226 g/mol. The molecule has 0 saturated heterocycles. The number of esters is 2. The molecule has 0 amide bonds. The van der Waals surface area contributed by atoms with E-state index in [2.05, 4.69) is 0 Å². The van der Waals surface area contributed by atoms with Crippen LogP contribution in [0.1, 0.15) is 26.7 Å². The highest BCUT2D eigenvalue weighted by molar-refractivity contribution is 5.90. The van der Waals surface area contributed by atoms with Crippen LogP contribution in [0.15, 0.2) is 11.1 Å². The van der Waals surface area contributed by atoms with E-state index < -0.39 is 11.8 Å². The predicted octanol–water partition coefficient (Wildman–Crippen LogP) is 1.70. The molecule has 0 heterocycles. The molecule has 2 atom stereocenters. The van der Waals surface area contributed by atoms with Gasteiger partial charge in [-0.2, -0.15) is 0 Å². The van der Waals surface area contributed by atoms with Crippen LogP contribution in [-0.4, -0.2) is 26.2 Å². The highest BCUT2D eigenvalue weighted by Crippen LogP contribution is 2.45. The standard InChI is InChI=1S/C12H18O4/c1-5-7-8(6-2)10(12(14)16-4)9(7)11(13)15-3/h9-10H,5-6H2,1-4H3. The van der Waals surface area contributed by atoms with Gasteiger partial charge in [0.15, 0.2) is 0 Å². The van der Waals surface area contributed by atoms with Gasteiger partial charge in [-0.1, -0.05) is 25.0 Å². The summed E-state index contributed by atoms with van der Waals surface area (Å²) in [5, 5.41) is 0. The number of methoxy groups -OCH3 is 2. The zero-order valence-electron chi connectivity index (χ0n) is 10.2. The molecule has 1 aliphatic carbocycles. The highest BCUT2D eigenvalue weighted by atomic mass is 16.5. The van der Waals surface area contributed by atoms with Crippen molar-refractivity contribution in [2.45, 2.75) is 26.7 Å². The molecule has 0 fully saturated rings. The van der Waals surface area contributed by atoms with Gasteiger partial charge in [-0.15, -0.1) is 0 Å². The first kappa shape index (κ1) is 12.7. The van der Waals surface area contributed by atoms with Crippen molar-refractivity contribution in [2.75, 3.05) is 14.2 Å². The van der Waals surface area contributed by atoms with Gasteiger partial charge in [-0.3, -0.25) is 9.59 Å². The van der Waals surface area contributed by atoms with Crippen LogP contribution in [-0.2, 0) is 19.1 Å². The molecular weight excluding hydrogens is 208 g/mol. The van der Waals surface area contributed by atoms with Crippen molar-refractivity contribution in [3.8, 4) is 0 Å². The molecule has 0 radical (unpaired) electrons. The molecule has 0 aromatic carbocycles. The Kier molecular flexibility index (Phi) is 4.10. The number of carbonyl (C=O) groups excluding carboxylic acids is 2. The summed E-state index contributed by atoms with van der Waals surface area (Å²) in [6.07, 6.45) is 1.55. The molecule has 90 valence electrons. The zero-order chi connectivity index (χ0) is 12.3. The maximum absolute atomic E-state index is 11.6. The minimum absolute atomic E-state index is 0.343. The molecule has 16 heavy (non-hydrogen) atoms. The molecule has 1 aliphatic rings. The number of hydrogen-bond acceptors (Lipinski definition) is 4. The van der Waals surface area contributed by atoms with E-state index in [0.29, 0.717) is 0 Å². The summed E-state index contributed by atoms with van der Waals surface area (Å²) in [6.45, 7) is 3.96. The molecule has 4 nitrogen and oxygen atoms in total. The summed E-state index contributed by atoms with van der Waals surface area (Å²) in [4.78, 5) is 23.2. The van der Waals surface area contributed by atoms with Gasteiger partial charge in [-0.05, 0) is 12.8 Å². The fourth-order valence-electron chi connectivity index (χ4n) is 2.41. The zero-order valence-corrected chi connectivity index (χ0v) is 10.2. The number of rotatable bonds is 4. The van der Waals surface area contributed by atoms with Crippen LogP contribution in [0.2, 0.25) is 0 Å². The molecule has 1 rings (SSSR count). The molecule has 0 spiro atoms. The molecule has 0 bridgehead atoms. The number of ether oxygens (including phenoxy) is 2. The van der Waals surface area contributed by atoms with Crippen LogP contribution >= 0.6 is 0 Å². The predicted molar refractivity (Wildman–Crippen MR) is 58.6 cm³/mol. The van der Waals surface area contributed by atoms with Crippen molar-refractivity contribution in [2.24, 2.45) is 11.8 Å². The van der Waals surface area contributed by atoms with E-state index in [0.717, 1.165) is 24.0 Å². The summed E-state index contributed by atoms with van der Waals surface area (Å²) in [7, 11) is 2.68. The second-order valence-electron chi connectivity index (χ2n) is 3.76. The SMILES string of the molecule is CCC1=C(CC)C(C(=O)OC)C1C(=O)OC. The van der Waals surface area contributed by atoms with Gasteiger partial charge in [-0.25, -0.2) is 0 Å². The Morgan fingerprint density at radius 2 is 1.25 bits per heavy atom. The van der Waals surface area contributed by atoms with Gasteiger partial charge < -0.3 is 9.47 Å². The van der Waals surface area contributed by atoms with Crippen molar-refractivity contribution < 1.29 is 19.1 Å². The number of carbonyl (C=O) groups is 2. The van der Waals surface area contributed by atoms with Gasteiger partial charge in [0.1, 0.15) is 0 Å². The van der Waals surface area contributed by atoms with E-state index in [1.54, 1.807) is 0 Å². The lowest BCUT2D eigenvalue weighted by Gasteiger charge is -2.38. The van der Waals surface area contributed by atoms with E-state index in [1.165, 1.54) is 14.2 Å². The Labute approximate surface area is 95.6 Å². The molecule has 0 aromatic rings. The Balaban J connectivity index is 3.02. The lowest BCUT2D eigenvalue weighted by atomic mass is 9.66. The topological polar surface area (TPSA) is 52.6 Å². The van der Waals surface area contributed by atoms with E-state index in [4.69, 9.17) is 9.47 Å². The Hall–Kier alpha value is -1.32. The first-order valence-electron chi connectivity index (χ1n) is 5.49. The first-order valence-corrected chi connectivity index (χ1v) is 5.49. The lowest BCUT2D eigenvalue weighted by molar-refractivity contribution is -0.156. The third-order valence-corrected chi connectivity index (χ3v) is 3.17. The van der Waals surface area contributed by atoms with Crippen molar-refractivity contribution >= 4 is 11.9 Å². The highest BCUT2D eigenvalue weighted by Gasteiger charge is 2.48. The van der Waals surface area contributed by atoms with E-state index in [-0.39, 0.29) is 11.9 Å². The smallest absolute Gasteiger partial charge is 0.314 e. The molecule has 2 unspecified atom stereocenters. The van der Waals surface area contributed by atoms with Crippen LogP contribution < -0.4 is 0 Å². The van der Waals surface area contributed by atoms with Crippen LogP contribution in [0.25, 0.3) is 0 Å². The molecule has 0 saturated carbocycles. The van der Waals surface area contributed by atoms with Crippen molar-refractivity contribution in [1.29, 1.82) is 0 Å². The van der Waals surface area contributed by atoms with Crippen LogP contribution in [0.5, 0.6) is 0 Å². The summed E-state index contributed by atoms with van der Waals surface area (Å²) in [6, 6.07) is 0. The van der Waals surface area contributed by atoms with Gasteiger partial charge in [0, 0.05) is 0 Å². The van der Waals surface area contributed by atoms with Crippen molar-refractivity contribution in [3.63, 3.8) is 0 Å². The Bertz CT molecular complexity index is 298. The molecule has 0 N–H and O–H groups in total. The molecule has 0 aliphatic heterocycles. The average Bonchev–Trinajstić information content (AvgIpc) is 2.28. The fourth-order valence-corrected chi connectivity index (χ4v) is 2.41. The number of hydrogen-bond donors (Lipinski definition) is 0. The molecular formula is C12H18O4. The quantitative estimate of drug-likeness (QED) is 0.540. The van der Waals surface area contributed by atoms with Gasteiger partial charge in [0.2, 0.25) is 0 Å². The Morgan fingerprint density at radius 3 is 1.44 bits per heavy atom. The maximum atomic E-state index is 11.6. The normalized spacial score (nSPS) is 23.8. The van der Waals surface area contributed by atoms with Gasteiger partial charge in [0.05, 0.1) is 26.1 Å². The second kappa shape index (κ2) is 5.14. The molecule has 4 heteroatoms. The largest absolute Gasteiger partial charge is 0.469 e. The van der Waals surface area contributed by atoms with Crippen LogP contribution in [0.3, 0.4) is 0 Å².